The third-order valence-corrected chi connectivity index (χ3v) is 20.7. The highest BCUT2D eigenvalue weighted by Gasteiger charge is 2.51. The van der Waals surface area contributed by atoms with E-state index in [0.29, 0.717) is 0 Å². The van der Waals surface area contributed by atoms with Gasteiger partial charge in [0.15, 0.2) is 0 Å². The van der Waals surface area contributed by atoms with Crippen molar-refractivity contribution in [3.8, 4) is 0 Å². The normalized spacial score (nSPS) is 13.7. The Bertz CT molecular complexity index is 4590. The maximum Gasteiger partial charge on any atom is 0.252 e. The van der Waals surface area contributed by atoms with Crippen molar-refractivity contribution in [3.05, 3.63) is 303 Å². The molecule has 88 heavy (non-hydrogen) atoms. The standard InChI is InChI=1S/C78H50B2N6S2/c1-7-25-51(26-8-1)81(52-27-9-2-10-28-52)57-45-67-75-69(47-57)85-63-39-19-21-41-71(63)87-73-43-23-37-59(77(73)85)79(75)61-49-62-66(50-65(61)83(67)55-33-15-5-16-34-55)84(56-35-17-6-18-36-56)68-46-58(82(53-29-11-3-12-30-53)54-31-13-4-14-32-54)48-70-76(68)80(62)60-38-24-44-74-78(60)86(70)64-40-20-22-42-72(64)88-74/h1-50H. The zero-order valence-corrected chi connectivity index (χ0v) is 49.2. The molecule has 0 aliphatic carbocycles. The number of hydrogen-bond acceptors (Lipinski definition) is 8. The summed E-state index contributed by atoms with van der Waals surface area (Å²) in [6, 6.07) is 113. The van der Waals surface area contributed by atoms with Crippen LogP contribution in [0.5, 0.6) is 0 Å². The molecule has 6 heterocycles. The molecule has 410 valence electrons. The van der Waals surface area contributed by atoms with E-state index in [9.17, 15) is 0 Å². The second-order valence-electron chi connectivity index (χ2n) is 23.2. The van der Waals surface area contributed by atoms with Crippen molar-refractivity contribution < 1.29 is 0 Å². The van der Waals surface area contributed by atoms with Crippen LogP contribution in [0.25, 0.3) is 0 Å². The Kier molecular flexibility index (Phi) is 11.0. The fraction of sp³-hybridized carbons (Fsp3) is 0. The maximum absolute atomic E-state index is 2.66. The lowest BCUT2D eigenvalue weighted by molar-refractivity contribution is 1.16. The Morgan fingerprint density at radius 3 is 0.920 bits per heavy atom. The predicted octanol–water partition coefficient (Wildman–Crippen LogP) is 17.7. The van der Waals surface area contributed by atoms with E-state index in [1.54, 1.807) is 0 Å². The summed E-state index contributed by atoms with van der Waals surface area (Å²) >= 11 is 3.77. The highest BCUT2D eigenvalue weighted by molar-refractivity contribution is 8.00. The lowest BCUT2D eigenvalue weighted by Crippen LogP contribution is -2.65. The first kappa shape index (κ1) is 49.7. The van der Waals surface area contributed by atoms with Crippen molar-refractivity contribution >= 4 is 172 Å². The number of nitrogens with zero attached hydrogens (tertiary/aromatic N) is 6. The summed E-state index contributed by atoms with van der Waals surface area (Å²) in [4.78, 5) is 20.3. The van der Waals surface area contributed by atoms with Gasteiger partial charge in [-0.05, 0) is 172 Å². The molecule has 6 aliphatic heterocycles. The molecule has 0 atom stereocenters. The van der Waals surface area contributed by atoms with Crippen molar-refractivity contribution in [1.82, 2.24) is 0 Å². The quantitative estimate of drug-likeness (QED) is 0.138. The van der Waals surface area contributed by atoms with E-state index in [1.807, 2.05) is 23.5 Å². The van der Waals surface area contributed by atoms with E-state index in [0.717, 1.165) is 68.2 Å². The van der Waals surface area contributed by atoms with Gasteiger partial charge in [0.2, 0.25) is 0 Å². The molecule has 0 saturated heterocycles. The minimum absolute atomic E-state index is 0.135. The Hall–Kier alpha value is -10.5. The van der Waals surface area contributed by atoms with Crippen molar-refractivity contribution in [1.29, 1.82) is 0 Å². The van der Waals surface area contributed by atoms with Crippen molar-refractivity contribution in [2.75, 3.05) is 29.4 Å². The molecule has 0 aromatic heterocycles. The average Bonchev–Trinajstić information content (AvgIpc) is 0.733. The van der Waals surface area contributed by atoms with Gasteiger partial charge in [0, 0.05) is 87.8 Å². The van der Waals surface area contributed by atoms with Crippen LogP contribution in [0.3, 0.4) is 0 Å². The van der Waals surface area contributed by atoms with Crippen molar-refractivity contribution in [3.63, 3.8) is 0 Å². The van der Waals surface area contributed by atoms with Crippen LogP contribution in [0.4, 0.5) is 102 Å². The van der Waals surface area contributed by atoms with Crippen LogP contribution in [-0.4, -0.2) is 13.4 Å². The first-order chi connectivity index (χ1) is 43.7. The van der Waals surface area contributed by atoms with Gasteiger partial charge in [-0.15, -0.1) is 0 Å². The van der Waals surface area contributed by atoms with Crippen molar-refractivity contribution in [2.45, 2.75) is 19.6 Å². The highest BCUT2D eigenvalue weighted by atomic mass is 32.2. The van der Waals surface area contributed by atoms with Gasteiger partial charge in [0.05, 0.1) is 34.1 Å². The summed E-state index contributed by atoms with van der Waals surface area (Å²) in [5.74, 6) is 0. The fourth-order valence-corrected chi connectivity index (χ4v) is 17.2. The third kappa shape index (κ3) is 7.30. The van der Waals surface area contributed by atoms with Crippen LogP contribution in [0.2, 0.25) is 0 Å². The molecule has 10 heteroatoms. The molecule has 0 radical (unpaired) electrons. The summed E-state index contributed by atoms with van der Waals surface area (Å²) in [6.45, 7) is -0.270. The lowest BCUT2D eigenvalue weighted by Gasteiger charge is -2.49. The summed E-state index contributed by atoms with van der Waals surface area (Å²) in [5.41, 5.74) is 28.3. The second kappa shape index (κ2) is 19.5. The molecule has 13 aromatic rings. The van der Waals surface area contributed by atoms with Crippen molar-refractivity contribution in [2.24, 2.45) is 0 Å². The van der Waals surface area contributed by atoms with E-state index in [-0.39, 0.29) is 13.4 Å². The molecule has 0 spiro atoms. The monoisotopic (exact) mass is 1160 g/mol. The SMILES string of the molecule is c1ccc(N(c2ccccc2)c2cc3c4c(c2)N2c5ccccc5Sc5cccc(c52)B4c2cc4c(cc2N3c2ccccc2)N(c2ccccc2)c2cc(N(c3ccccc3)c3ccccc3)cc3c2B4c2cccc4c2N3c2ccccc2S4)cc1. The first-order valence-corrected chi connectivity index (χ1v) is 31.8. The zero-order chi connectivity index (χ0) is 57.6. The Labute approximate surface area is 521 Å². The van der Waals surface area contributed by atoms with Gasteiger partial charge in [-0.1, -0.05) is 187 Å². The van der Waals surface area contributed by atoms with E-state index in [4.69, 9.17) is 0 Å². The molecule has 0 unspecified atom stereocenters. The molecule has 6 nitrogen and oxygen atoms in total. The van der Waals surface area contributed by atoms with Gasteiger partial charge in [-0.3, -0.25) is 0 Å². The van der Waals surface area contributed by atoms with E-state index in [1.165, 1.54) is 86.5 Å². The van der Waals surface area contributed by atoms with Crippen LogP contribution >= 0.6 is 23.5 Å². The number of rotatable bonds is 8. The van der Waals surface area contributed by atoms with Crippen LogP contribution in [0.15, 0.2) is 323 Å². The highest BCUT2D eigenvalue weighted by Crippen LogP contribution is 2.58. The molecule has 6 aliphatic rings. The van der Waals surface area contributed by atoms with Crippen LogP contribution < -0.4 is 62.2 Å². The summed E-state index contributed by atoms with van der Waals surface area (Å²) in [5, 5.41) is 0. The summed E-state index contributed by atoms with van der Waals surface area (Å²) in [7, 11) is 0. The van der Waals surface area contributed by atoms with Gasteiger partial charge in [0.1, 0.15) is 0 Å². The Morgan fingerprint density at radius 2 is 0.545 bits per heavy atom. The van der Waals surface area contributed by atoms with E-state index in [2.05, 4.69) is 333 Å². The average molecular weight is 1160 g/mol. The molecule has 0 fully saturated rings. The predicted molar refractivity (Wildman–Crippen MR) is 372 cm³/mol. The zero-order valence-electron chi connectivity index (χ0n) is 47.5. The number of hydrogen-bond donors (Lipinski definition) is 0. The number of anilines is 18. The Morgan fingerprint density at radius 1 is 0.227 bits per heavy atom. The minimum atomic E-state index is -0.135. The summed E-state index contributed by atoms with van der Waals surface area (Å²) in [6.07, 6.45) is 0. The van der Waals surface area contributed by atoms with Gasteiger partial charge < -0.3 is 29.4 Å². The van der Waals surface area contributed by atoms with Crippen LogP contribution in [0.1, 0.15) is 0 Å². The third-order valence-electron chi connectivity index (χ3n) is 18.4. The van der Waals surface area contributed by atoms with Gasteiger partial charge >= 0.3 is 0 Å². The molecule has 13 aromatic carbocycles. The Balaban J connectivity index is 0.941. The first-order valence-electron chi connectivity index (χ1n) is 30.1. The smallest absolute Gasteiger partial charge is 0.252 e. The number of para-hydroxylation sites is 10. The molecule has 0 N–H and O–H groups in total. The molecular weight excluding hydrogens is 1110 g/mol. The van der Waals surface area contributed by atoms with Crippen LogP contribution in [0, 0.1) is 0 Å². The fourth-order valence-electron chi connectivity index (χ4n) is 15.0. The largest absolute Gasteiger partial charge is 0.311 e. The van der Waals surface area contributed by atoms with Gasteiger partial charge in [-0.2, -0.15) is 0 Å². The number of benzene rings is 13. The minimum Gasteiger partial charge on any atom is -0.311 e. The van der Waals surface area contributed by atoms with Crippen LogP contribution in [-0.2, 0) is 0 Å². The number of fused-ring (bicyclic) bond motifs is 12. The molecule has 0 bridgehead atoms. The van der Waals surface area contributed by atoms with Gasteiger partial charge in [-0.25, -0.2) is 0 Å². The maximum atomic E-state index is 2.66. The second-order valence-corrected chi connectivity index (χ2v) is 25.4. The topological polar surface area (TPSA) is 19.4 Å². The van der Waals surface area contributed by atoms with E-state index >= 15 is 0 Å². The summed E-state index contributed by atoms with van der Waals surface area (Å²) < 4.78 is 0. The molecular formula is C78H50B2N6S2. The van der Waals surface area contributed by atoms with Gasteiger partial charge in [0.25, 0.3) is 13.4 Å². The van der Waals surface area contributed by atoms with E-state index < -0.39 is 0 Å². The molecule has 19 rings (SSSR count). The molecule has 0 saturated carbocycles. The molecule has 0 amide bonds. The lowest BCUT2D eigenvalue weighted by atomic mass is 9.30.